The summed E-state index contributed by atoms with van der Waals surface area (Å²) in [5, 5.41) is 26.7. The van der Waals surface area contributed by atoms with Crippen molar-refractivity contribution in [3.05, 3.63) is 18.2 Å². The predicted octanol–water partition coefficient (Wildman–Crippen LogP) is 1.06. The molecular weight excluding hydrogens is 270 g/mol. The van der Waals surface area contributed by atoms with Gasteiger partial charge >= 0.3 is 0 Å². The van der Waals surface area contributed by atoms with Crippen molar-refractivity contribution in [2.75, 3.05) is 24.5 Å². The maximum Gasteiger partial charge on any atom is 0.245 e. The van der Waals surface area contributed by atoms with Crippen LogP contribution < -0.4 is 10.6 Å². The average Bonchev–Trinajstić information content (AvgIpc) is 2.97. The summed E-state index contributed by atoms with van der Waals surface area (Å²) in [4.78, 5) is 6.47. The summed E-state index contributed by atoms with van der Waals surface area (Å²) in [6.45, 7) is 2.46. The van der Waals surface area contributed by atoms with Crippen LogP contribution in [0.15, 0.2) is 18.2 Å². The van der Waals surface area contributed by atoms with Gasteiger partial charge in [0.25, 0.3) is 0 Å². The number of phenolic OH excluding ortho intramolecular Hbond substituents is 2. The summed E-state index contributed by atoms with van der Waals surface area (Å²) in [5.41, 5.74) is 5.96. The molecule has 7 nitrogen and oxygen atoms in total. The molecule has 0 spiro atoms. The molecule has 3 rings (SSSR count). The molecule has 7 heteroatoms. The van der Waals surface area contributed by atoms with Gasteiger partial charge in [0.2, 0.25) is 5.95 Å². The van der Waals surface area contributed by atoms with Gasteiger partial charge < -0.3 is 20.8 Å². The number of H-pyrrole nitrogens is 1. The smallest absolute Gasteiger partial charge is 0.245 e. The second kappa shape index (κ2) is 5.61. The number of hydrogen-bond acceptors (Lipinski definition) is 6. The molecule has 0 aliphatic carbocycles. The molecule has 1 saturated heterocycles. The molecule has 2 heterocycles. The van der Waals surface area contributed by atoms with Gasteiger partial charge in [-0.2, -0.15) is 4.98 Å². The Morgan fingerprint density at radius 3 is 2.52 bits per heavy atom. The molecule has 1 fully saturated rings. The molecule has 1 aromatic carbocycles. The maximum absolute atomic E-state index is 9.86. The van der Waals surface area contributed by atoms with Gasteiger partial charge in [0.15, 0.2) is 5.82 Å². The molecular formula is C14H19N5O2. The second-order valence-electron chi connectivity index (χ2n) is 5.32. The highest BCUT2D eigenvalue weighted by Crippen LogP contribution is 2.35. The molecule has 0 amide bonds. The average molecular weight is 289 g/mol. The Balaban J connectivity index is 1.81. The first-order valence-corrected chi connectivity index (χ1v) is 7.07. The molecule has 1 aliphatic rings. The van der Waals surface area contributed by atoms with Crippen LogP contribution in [-0.2, 0) is 0 Å². The van der Waals surface area contributed by atoms with E-state index in [4.69, 9.17) is 5.73 Å². The normalized spacial score (nSPS) is 16.3. The van der Waals surface area contributed by atoms with Crippen LogP contribution in [0.1, 0.15) is 12.8 Å². The highest BCUT2D eigenvalue weighted by atomic mass is 16.3. The SMILES string of the molecule is NCC1CCN(c2n[nH]c(-c3c(O)cccc3O)n2)CC1. The predicted molar refractivity (Wildman–Crippen MR) is 79.1 cm³/mol. The van der Waals surface area contributed by atoms with Crippen LogP contribution in [0.3, 0.4) is 0 Å². The first kappa shape index (κ1) is 13.7. The number of nitrogens with zero attached hydrogens (tertiary/aromatic N) is 3. The Labute approximate surface area is 122 Å². The van der Waals surface area contributed by atoms with E-state index in [2.05, 4.69) is 20.1 Å². The minimum absolute atomic E-state index is 0.0282. The highest BCUT2D eigenvalue weighted by Gasteiger charge is 2.22. The summed E-state index contributed by atoms with van der Waals surface area (Å²) in [5.74, 6) is 1.46. The fourth-order valence-corrected chi connectivity index (χ4v) is 2.65. The number of aromatic amines is 1. The summed E-state index contributed by atoms with van der Waals surface area (Å²) < 4.78 is 0. The lowest BCUT2D eigenvalue weighted by molar-refractivity contribution is 0.411. The number of nitrogens with one attached hydrogen (secondary N) is 1. The number of phenols is 2. The molecule has 5 N–H and O–H groups in total. The lowest BCUT2D eigenvalue weighted by Crippen LogP contribution is -2.36. The monoisotopic (exact) mass is 289 g/mol. The Hall–Kier alpha value is -2.28. The Morgan fingerprint density at radius 2 is 1.90 bits per heavy atom. The van der Waals surface area contributed by atoms with Gasteiger partial charge in [-0.25, -0.2) is 0 Å². The van der Waals surface area contributed by atoms with E-state index in [-0.39, 0.29) is 17.1 Å². The summed E-state index contributed by atoms with van der Waals surface area (Å²) in [6.07, 6.45) is 2.06. The molecule has 21 heavy (non-hydrogen) atoms. The van der Waals surface area contributed by atoms with E-state index in [1.54, 1.807) is 6.07 Å². The Morgan fingerprint density at radius 1 is 1.24 bits per heavy atom. The third kappa shape index (κ3) is 2.64. The summed E-state index contributed by atoms with van der Waals surface area (Å²) in [6, 6.07) is 4.58. The zero-order valence-electron chi connectivity index (χ0n) is 11.7. The van der Waals surface area contributed by atoms with Crippen molar-refractivity contribution in [2.45, 2.75) is 12.8 Å². The zero-order valence-corrected chi connectivity index (χ0v) is 11.7. The number of anilines is 1. The molecule has 0 bridgehead atoms. The minimum Gasteiger partial charge on any atom is -0.507 e. The van der Waals surface area contributed by atoms with Crippen LogP contribution in [-0.4, -0.2) is 45.0 Å². The van der Waals surface area contributed by atoms with Gasteiger partial charge in [0.1, 0.15) is 17.1 Å². The highest BCUT2D eigenvalue weighted by molar-refractivity contribution is 5.71. The fourth-order valence-electron chi connectivity index (χ4n) is 2.65. The van der Waals surface area contributed by atoms with Crippen LogP contribution >= 0.6 is 0 Å². The topological polar surface area (TPSA) is 111 Å². The van der Waals surface area contributed by atoms with Crippen LogP contribution in [0.2, 0.25) is 0 Å². The third-order valence-corrected chi connectivity index (χ3v) is 3.96. The zero-order chi connectivity index (χ0) is 14.8. The van der Waals surface area contributed by atoms with E-state index in [1.807, 2.05) is 0 Å². The largest absolute Gasteiger partial charge is 0.507 e. The Bertz CT molecular complexity index is 599. The van der Waals surface area contributed by atoms with E-state index in [1.165, 1.54) is 12.1 Å². The number of benzene rings is 1. The summed E-state index contributed by atoms with van der Waals surface area (Å²) >= 11 is 0. The van der Waals surface area contributed by atoms with E-state index < -0.39 is 0 Å². The first-order chi connectivity index (χ1) is 10.2. The Kier molecular flexibility index (Phi) is 3.66. The van der Waals surface area contributed by atoms with Crippen molar-refractivity contribution < 1.29 is 10.2 Å². The van der Waals surface area contributed by atoms with Crippen molar-refractivity contribution in [3.8, 4) is 22.9 Å². The van der Waals surface area contributed by atoms with E-state index in [0.717, 1.165) is 32.5 Å². The number of nitrogens with two attached hydrogens (primary N) is 1. The molecule has 0 unspecified atom stereocenters. The van der Waals surface area contributed by atoms with Gasteiger partial charge in [-0.15, -0.1) is 5.10 Å². The van der Waals surface area contributed by atoms with Gasteiger partial charge in [-0.3, -0.25) is 5.10 Å². The van der Waals surface area contributed by atoms with Crippen molar-refractivity contribution in [3.63, 3.8) is 0 Å². The van der Waals surface area contributed by atoms with E-state index in [9.17, 15) is 10.2 Å². The lowest BCUT2D eigenvalue weighted by Gasteiger charge is -2.30. The van der Waals surface area contributed by atoms with E-state index in [0.29, 0.717) is 17.7 Å². The quantitative estimate of drug-likeness (QED) is 0.672. The standard InChI is InChI=1S/C14H19N5O2/c15-8-9-4-6-19(7-5-9)14-16-13(17-18-14)12-10(20)2-1-3-11(12)21/h1-3,9,20-21H,4-8,15H2,(H,16,17,18). The maximum atomic E-state index is 9.86. The fraction of sp³-hybridized carbons (Fsp3) is 0.429. The van der Waals surface area contributed by atoms with E-state index >= 15 is 0 Å². The molecule has 0 radical (unpaired) electrons. The van der Waals surface area contributed by atoms with Gasteiger partial charge in [0, 0.05) is 13.1 Å². The van der Waals surface area contributed by atoms with Crippen molar-refractivity contribution in [1.82, 2.24) is 15.2 Å². The number of piperidine rings is 1. The van der Waals surface area contributed by atoms with Gasteiger partial charge in [-0.1, -0.05) is 6.07 Å². The minimum atomic E-state index is -0.0282. The first-order valence-electron chi connectivity index (χ1n) is 7.07. The third-order valence-electron chi connectivity index (χ3n) is 3.96. The van der Waals surface area contributed by atoms with Gasteiger partial charge in [-0.05, 0) is 37.4 Å². The van der Waals surface area contributed by atoms with Gasteiger partial charge in [0.05, 0.1) is 0 Å². The summed E-state index contributed by atoms with van der Waals surface area (Å²) in [7, 11) is 0. The number of hydrogen-bond donors (Lipinski definition) is 4. The molecule has 1 aliphatic heterocycles. The number of aromatic hydroxyl groups is 2. The van der Waals surface area contributed by atoms with Crippen LogP contribution in [0.25, 0.3) is 11.4 Å². The molecule has 112 valence electrons. The van der Waals surface area contributed by atoms with Crippen LogP contribution in [0.5, 0.6) is 11.5 Å². The molecule has 1 aromatic heterocycles. The van der Waals surface area contributed by atoms with Crippen molar-refractivity contribution in [1.29, 1.82) is 0 Å². The number of aromatic nitrogens is 3. The van der Waals surface area contributed by atoms with Crippen molar-refractivity contribution >= 4 is 5.95 Å². The van der Waals surface area contributed by atoms with Crippen LogP contribution in [0.4, 0.5) is 5.95 Å². The molecule has 2 aromatic rings. The lowest BCUT2D eigenvalue weighted by atomic mass is 9.97. The molecule has 0 saturated carbocycles. The number of rotatable bonds is 3. The van der Waals surface area contributed by atoms with Crippen LogP contribution in [0, 0.1) is 5.92 Å². The molecule has 0 atom stereocenters. The van der Waals surface area contributed by atoms with Crippen molar-refractivity contribution in [2.24, 2.45) is 11.7 Å². The second-order valence-corrected chi connectivity index (χ2v) is 5.32.